The molecule has 0 saturated carbocycles. The van der Waals surface area contributed by atoms with Crippen LogP contribution in [0.2, 0.25) is 0 Å². The fraction of sp³-hybridized carbons (Fsp3) is 0.0625. The van der Waals surface area contributed by atoms with Crippen LogP contribution in [0.3, 0.4) is 0 Å². The zero-order chi connectivity index (χ0) is 14.6. The molecule has 5 nitrogen and oxygen atoms in total. The van der Waals surface area contributed by atoms with Crippen molar-refractivity contribution in [1.29, 1.82) is 0 Å². The fourth-order valence-electron chi connectivity index (χ4n) is 2.79. The zero-order valence-electron chi connectivity index (χ0n) is 10.9. The Balaban J connectivity index is 2.03. The van der Waals surface area contributed by atoms with Crippen molar-refractivity contribution in [2.24, 2.45) is 0 Å². The molecule has 0 radical (unpaired) electrons. The highest BCUT2D eigenvalue weighted by Gasteiger charge is 2.26. The second-order valence-corrected chi connectivity index (χ2v) is 5.01. The van der Waals surface area contributed by atoms with E-state index in [2.05, 4.69) is 4.98 Å². The van der Waals surface area contributed by atoms with Crippen LogP contribution >= 0.6 is 0 Å². The van der Waals surface area contributed by atoms with Gasteiger partial charge in [-0.15, -0.1) is 0 Å². The standard InChI is InChI=1S/C16H10N2O3/c19-14-8-10-7-9(16(20)21)5-6-11(10)15-17-12-3-1-2-4-13(12)18(14)15/h1-7H,8H2,(H,20,21). The average Bonchev–Trinajstić information content (AvgIpc) is 2.86. The molecule has 1 N–H and O–H groups in total. The number of imidazole rings is 1. The number of rotatable bonds is 1. The summed E-state index contributed by atoms with van der Waals surface area (Å²) in [6, 6.07) is 12.3. The van der Waals surface area contributed by atoms with E-state index in [9.17, 15) is 9.59 Å². The smallest absolute Gasteiger partial charge is 0.335 e. The van der Waals surface area contributed by atoms with Crippen LogP contribution < -0.4 is 0 Å². The van der Waals surface area contributed by atoms with E-state index in [1.54, 1.807) is 22.8 Å². The first-order valence-corrected chi connectivity index (χ1v) is 6.52. The molecule has 2 aromatic carbocycles. The van der Waals surface area contributed by atoms with Gasteiger partial charge < -0.3 is 5.11 Å². The summed E-state index contributed by atoms with van der Waals surface area (Å²) in [7, 11) is 0. The van der Waals surface area contributed by atoms with Crippen molar-refractivity contribution < 1.29 is 14.7 Å². The molecule has 5 heteroatoms. The van der Waals surface area contributed by atoms with Gasteiger partial charge in [0, 0.05) is 5.56 Å². The first-order valence-electron chi connectivity index (χ1n) is 6.52. The maximum atomic E-state index is 12.4. The van der Waals surface area contributed by atoms with E-state index >= 15 is 0 Å². The predicted octanol–water partition coefficient (Wildman–Crippen LogP) is 2.60. The van der Waals surface area contributed by atoms with Gasteiger partial charge in [0.2, 0.25) is 5.91 Å². The highest BCUT2D eigenvalue weighted by atomic mass is 16.4. The van der Waals surface area contributed by atoms with Crippen LogP contribution in [-0.4, -0.2) is 26.5 Å². The molecule has 0 bridgehead atoms. The third kappa shape index (κ3) is 1.61. The Bertz CT molecular complexity index is 924. The third-order valence-corrected chi connectivity index (χ3v) is 3.74. The summed E-state index contributed by atoms with van der Waals surface area (Å²) in [5.41, 5.74) is 3.26. The summed E-state index contributed by atoms with van der Waals surface area (Å²) in [5.74, 6) is -0.502. The Morgan fingerprint density at radius 2 is 2.00 bits per heavy atom. The van der Waals surface area contributed by atoms with Crippen LogP contribution in [0, 0.1) is 0 Å². The molecule has 0 fully saturated rings. The molecule has 0 amide bonds. The Hall–Kier alpha value is -2.95. The summed E-state index contributed by atoms with van der Waals surface area (Å²) in [6.45, 7) is 0. The molecular formula is C16H10N2O3. The SMILES string of the molecule is O=C(O)c1ccc2c(c1)CC(=O)n1c-2nc2ccccc21. The van der Waals surface area contributed by atoms with Crippen molar-refractivity contribution in [3.63, 3.8) is 0 Å². The third-order valence-electron chi connectivity index (χ3n) is 3.74. The van der Waals surface area contributed by atoms with E-state index in [1.807, 2.05) is 24.3 Å². The number of hydrogen-bond acceptors (Lipinski definition) is 3. The number of benzene rings is 2. The molecule has 0 unspecified atom stereocenters. The van der Waals surface area contributed by atoms with Gasteiger partial charge in [-0.1, -0.05) is 18.2 Å². The summed E-state index contributed by atoms with van der Waals surface area (Å²) in [4.78, 5) is 27.9. The van der Waals surface area contributed by atoms with Gasteiger partial charge in [-0.05, 0) is 29.8 Å². The lowest BCUT2D eigenvalue weighted by Gasteiger charge is -2.17. The lowest BCUT2D eigenvalue weighted by molar-refractivity contribution is 0.0696. The summed E-state index contributed by atoms with van der Waals surface area (Å²) in [6.07, 6.45) is 0.184. The molecule has 21 heavy (non-hydrogen) atoms. The molecule has 0 spiro atoms. The highest BCUT2D eigenvalue weighted by Crippen LogP contribution is 2.32. The minimum Gasteiger partial charge on any atom is -0.478 e. The monoisotopic (exact) mass is 278 g/mol. The Kier molecular flexibility index (Phi) is 2.27. The van der Waals surface area contributed by atoms with Gasteiger partial charge in [-0.2, -0.15) is 0 Å². The van der Waals surface area contributed by atoms with E-state index in [0.29, 0.717) is 11.4 Å². The predicted molar refractivity (Wildman–Crippen MR) is 76.5 cm³/mol. The Morgan fingerprint density at radius 1 is 1.19 bits per heavy atom. The van der Waals surface area contributed by atoms with Crippen LogP contribution in [0.5, 0.6) is 0 Å². The molecule has 102 valence electrons. The van der Waals surface area contributed by atoms with Crippen molar-refractivity contribution in [3.8, 4) is 11.4 Å². The molecular weight excluding hydrogens is 268 g/mol. The van der Waals surface area contributed by atoms with Crippen LogP contribution in [-0.2, 0) is 6.42 Å². The van der Waals surface area contributed by atoms with E-state index in [-0.39, 0.29) is 17.9 Å². The van der Waals surface area contributed by atoms with Gasteiger partial charge in [0.25, 0.3) is 0 Å². The average molecular weight is 278 g/mol. The number of carbonyl (C=O) groups is 2. The van der Waals surface area contributed by atoms with Crippen LogP contribution in [0.25, 0.3) is 22.4 Å². The summed E-state index contributed by atoms with van der Waals surface area (Å²) >= 11 is 0. The van der Waals surface area contributed by atoms with Gasteiger partial charge in [0.15, 0.2) is 0 Å². The van der Waals surface area contributed by atoms with E-state index in [4.69, 9.17) is 5.11 Å². The lowest BCUT2D eigenvalue weighted by atomic mass is 9.97. The number of aromatic carboxylic acids is 1. The van der Waals surface area contributed by atoms with Crippen LogP contribution in [0.4, 0.5) is 0 Å². The normalized spacial score (nSPS) is 13.0. The Morgan fingerprint density at radius 3 is 2.81 bits per heavy atom. The van der Waals surface area contributed by atoms with Crippen molar-refractivity contribution in [3.05, 3.63) is 53.6 Å². The number of nitrogens with zero attached hydrogens (tertiary/aromatic N) is 2. The quantitative estimate of drug-likeness (QED) is 0.742. The molecule has 4 rings (SSSR count). The molecule has 1 aliphatic heterocycles. The van der Waals surface area contributed by atoms with E-state index in [0.717, 1.165) is 16.6 Å². The molecule has 1 aromatic heterocycles. The summed E-state index contributed by atoms with van der Waals surface area (Å²) in [5, 5.41) is 9.06. The van der Waals surface area contributed by atoms with Crippen molar-refractivity contribution in [1.82, 2.24) is 9.55 Å². The molecule has 0 saturated heterocycles. The lowest BCUT2D eigenvalue weighted by Crippen LogP contribution is -2.20. The van der Waals surface area contributed by atoms with Crippen molar-refractivity contribution >= 4 is 22.9 Å². The van der Waals surface area contributed by atoms with E-state index in [1.165, 1.54) is 0 Å². The molecule has 0 aliphatic carbocycles. The molecule has 2 heterocycles. The minimum atomic E-state index is -0.996. The maximum absolute atomic E-state index is 12.4. The van der Waals surface area contributed by atoms with Crippen molar-refractivity contribution in [2.45, 2.75) is 6.42 Å². The number of fused-ring (bicyclic) bond motifs is 5. The largest absolute Gasteiger partial charge is 0.478 e. The molecule has 1 aliphatic rings. The van der Waals surface area contributed by atoms with Gasteiger partial charge in [-0.25, -0.2) is 9.78 Å². The van der Waals surface area contributed by atoms with Gasteiger partial charge in [0.05, 0.1) is 23.0 Å². The van der Waals surface area contributed by atoms with Gasteiger partial charge in [0.1, 0.15) is 5.82 Å². The van der Waals surface area contributed by atoms with Crippen LogP contribution in [0.15, 0.2) is 42.5 Å². The topological polar surface area (TPSA) is 72.2 Å². The number of hydrogen-bond donors (Lipinski definition) is 1. The second-order valence-electron chi connectivity index (χ2n) is 5.01. The number of carbonyl (C=O) groups excluding carboxylic acids is 1. The summed E-state index contributed by atoms with van der Waals surface area (Å²) < 4.78 is 1.61. The number of aromatic nitrogens is 2. The van der Waals surface area contributed by atoms with Crippen LogP contribution in [0.1, 0.15) is 20.7 Å². The second kappa shape index (κ2) is 4.02. The minimum absolute atomic E-state index is 0.0891. The number of carboxylic acids is 1. The fourth-order valence-corrected chi connectivity index (χ4v) is 2.79. The van der Waals surface area contributed by atoms with Crippen molar-refractivity contribution in [2.75, 3.05) is 0 Å². The first kappa shape index (κ1) is 11.8. The molecule has 0 atom stereocenters. The highest BCUT2D eigenvalue weighted by molar-refractivity contribution is 6.00. The maximum Gasteiger partial charge on any atom is 0.335 e. The van der Waals surface area contributed by atoms with E-state index < -0.39 is 5.97 Å². The zero-order valence-corrected chi connectivity index (χ0v) is 10.9. The molecule has 3 aromatic rings. The number of carboxylic acid groups (broad SMARTS) is 1. The first-order chi connectivity index (χ1) is 10.1. The Labute approximate surface area is 119 Å². The number of para-hydroxylation sites is 2. The van der Waals surface area contributed by atoms with Gasteiger partial charge >= 0.3 is 5.97 Å². The van der Waals surface area contributed by atoms with Gasteiger partial charge in [-0.3, -0.25) is 9.36 Å².